The van der Waals surface area contributed by atoms with Gasteiger partial charge in [0.1, 0.15) is 5.67 Å². The molecule has 0 radical (unpaired) electrons. The van der Waals surface area contributed by atoms with Crippen molar-refractivity contribution in [3.05, 3.63) is 39.5 Å². The summed E-state index contributed by atoms with van der Waals surface area (Å²) in [7, 11) is 0. The molecular weight excluding hydrogens is 496 g/mol. The number of aryl methyl sites for hydroxylation is 1. The van der Waals surface area contributed by atoms with Gasteiger partial charge in [0, 0.05) is 54.9 Å². The summed E-state index contributed by atoms with van der Waals surface area (Å²) in [6.07, 6.45) is 1.47. The smallest absolute Gasteiger partial charge is 0.422 e. The first-order valence-electron chi connectivity index (χ1n) is 12.4. The van der Waals surface area contributed by atoms with Gasteiger partial charge in [0.15, 0.2) is 6.61 Å². The quantitative estimate of drug-likeness (QED) is 0.508. The van der Waals surface area contributed by atoms with Crippen molar-refractivity contribution in [1.29, 1.82) is 0 Å². The highest BCUT2D eigenvalue weighted by atomic mass is 32.1. The number of nitrogens with zero attached hydrogens (tertiary/aromatic N) is 3. The van der Waals surface area contributed by atoms with E-state index in [0.717, 1.165) is 27.7 Å². The van der Waals surface area contributed by atoms with Crippen LogP contribution in [0.15, 0.2) is 18.3 Å². The van der Waals surface area contributed by atoms with Crippen molar-refractivity contribution in [1.82, 2.24) is 20.2 Å². The van der Waals surface area contributed by atoms with Gasteiger partial charge in [-0.25, -0.2) is 14.4 Å². The predicted molar refractivity (Wildman–Crippen MR) is 129 cm³/mol. The van der Waals surface area contributed by atoms with E-state index in [1.54, 1.807) is 12.3 Å². The SMILES string of the molecule is Cc1ncc(CC(=O)N[C@H]2CC[C@](F)(CCN3CCc4ccc(OCC(F)(F)F)nc4CC3)CC2)s1. The molecule has 0 bridgehead atoms. The molecule has 2 aliphatic rings. The highest BCUT2D eigenvalue weighted by Gasteiger charge is 2.36. The zero-order chi connectivity index (χ0) is 25.8. The standard InChI is InChI=1S/C25H32F4N4O2S/c1-17-30-15-20(36-17)14-22(34)31-19-4-8-24(26,9-5-19)10-13-33-11-6-18-2-3-23(32-21(18)7-12-33)35-16-25(27,28)29/h2-3,15,19H,4-14,16H2,1H3,(H,31,34)/t19-,24+. The molecule has 0 saturated heterocycles. The summed E-state index contributed by atoms with van der Waals surface area (Å²) in [6, 6.07) is 3.26. The Bertz CT molecular complexity index is 1040. The van der Waals surface area contributed by atoms with Gasteiger partial charge >= 0.3 is 6.18 Å². The molecule has 0 aromatic carbocycles. The maximum Gasteiger partial charge on any atom is 0.422 e. The molecule has 2 aromatic rings. The minimum Gasteiger partial charge on any atom is -0.468 e. The lowest BCUT2D eigenvalue weighted by Crippen LogP contribution is -2.43. The molecule has 1 N–H and O–H groups in total. The third kappa shape index (κ3) is 7.86. The summed E-state index contributed by atoms with van der Waals surface area (Å²) in [5, 5.41) is 3.98. The summed E-state index contributed by atoms with van der Waals surface area (Å²) >= 11 is 1.51. The predicted octanol–water partition coefficient (Wildman–Crippen LogP) is 4.59. The van der Waals surface area contributed by atoms with Crippen LogP contribution in [0.5, 0.6) is 5.88 Å². The van der Waals surface area contributed by atoms with Crippen LogP contribution in [0.4, 0.5) is 17.6 Å². The second-order valence-electron chi connectivity index (χ2n) is 9.77. The van der Waals surface area contributed by atoms with Gasteiger partial charge in [-0.3, -0.25) is 4.79 Å². The highest BCUT2D eigenvalue weighted by molar-refractivity contribution is 7.11. The summed E-state index contributed by atoms with van der Waals surface area (Å²) in [5.74, 6) is -0.0621. The lowest BCUT2D eigenvalue weighted by Gasteiger charge is -2.35. The average molecular weight is 529 g/mol. The molecular formula is C25H32F4N4O2S. The molecule has 11 heteroatoms. The number of pyridine rings is 1. The van der Waals surface area contributed by atoms with Gasteiger partial charge in [0.25, 0.3) is 0 Å². The number of ether oxygens (including phenoxy) is 1. The summed E-state index contributed by atoms with van der Waals surface area (Å²) in [4.78, 5) is 23.9. The van der Waals surface area contributed by atoms with Crippen molar-refractivity contribution >= 4 is 17.2 Å². The first-order valence-corrected chi connectivity index (χ1v) is 13.2. The Balaban J connectivity index is 1.19. The Labute approximate surface area is 212 Å². The molecule has 0 atom stereocenters. The maximum absolute atomic E-state index is 15.5. The van der Waals surface area contributed by atoms with Crippen LogP contribution in [0, 0.1) is 6.92 Å². The number of rotatable bonds is 8. The summed E-state index contributed by atoms with van der Waals surface area (Å²) < 4.78 is 57.5. The third-order valence-electron chi connectivity index (χ3n) is 6.92. The van der Waals surface area contributed by atoms with E-state index in [0.29, 0.717) is 64.5 Å². The van der Waals surface area contributed by atoms with E-state index in [4.69, 9.17) is 4.74 Å². The molecule has 1 fully saturated rings. The van der Waals surface area contributed by atoms with Gasteiger partial charge in [0.2, 0.25) is 11.8 Å². The van der Waals surface area contributed by atoms with E-state index < -0.39 is 18.5 Å². The number of carbonyl (C=O) groups is 1. The fourth-order valence-electron chi connectivity index (χ4n) is 4.88. The molecule has 1 amide bonds. The topological polar surface area (TPSA) is 67.4 Å². The van der Waals surface area contributed by atoms with Gasteiger partial charge in [-0.05, 0) is 51.0 Å². The average Bonchev–Trinajstić information content (AvgIpc) is 3.11. The van der Waals surface area contributed by atoms with Gasteiger partial charge in [0.05, 0.1) is 11.4 Å². The van der Waals surface area contributed by atoms with Crippen LogP contribution < -0.4 is 10.1 Å². The van der Waals surface area contributed by atoms with Crippen LogP contribution in [0.2, 0.25) is 0 Å². The van der Waals surface area contributed by atoms with E-state index >= 15 is 4.39 Å². The molecule has 198 valence electrons. The molecule has 1 saturated carbocycles. The van der Waals surface area contributed by atoms with Crippen molar-refractivity contribution in [2.24, 2.45) is 0 Å². The number of fused-ring (bicyclic) bond motifs is 1. The molecule has 6 nitrogen and oxygen atoms in total. The normalized spacial score (nSPS) is 23.1. The number of aromatic nitrogens is 2. The van der Waals surface area contributed by atoms with E-state index in [1.165, 1.54) is 17.4 Å². The highest BCUT2D eigenvalue weighted by Crippen LogP contribution is 2.35. The number of nitrogens with one attached hydrogen (secondary N) is 1. The minimum absolute atomic E-state index is 0.00270. The molecule has 1 aliphatic heterocycles. The Kier molecular flexibility index (Phi) is 8.49. The van der Waals surface area contributed by atoms with Crippen LogP contribution in [0.3, 0.4) is 0 Å². The zero-order valence-electron chi connectivity index (χ0n) is 20.4. The Morgan fingerprint density at radius 1 is 1.25 bits per heavy atom. The van der Waals surface area contributed by atoms with E-state index in [-0.39, 0.29) is 17.8 Å². The fraction of sp³-hybridized carbons (Fsp3) is 0.640. The van der Waals surface area contributed by atoms with Crippen molar-refractivity contribution < 1.29 is 27.1 Å². The Morgan fingerprint density at radius 2 is 2.00 bits per heavy atom. The molecule has 1 aliphatic carbocycles. The number of alkyl halides is 4. The summed E-state index contributed by atoms with van der Waals surface area (Å²) in [6.45, 7) is 2.59. The van der Waals surface area contributed by atoms with Crippen LogP contribution in [0.25, 0.3) is 0 Å². The van der Waals surface area contributed by atoms with Gasteiger partial charge in [-0.1, -0.05) is 6.07 Å². The van der Waals surface area contributed by atoms with Crippen LogP contribution in [-0.2, 0) is 24.1 Å². The zero-order valence-corrected chi connectivity index (χ0v) is 21.2. The fourth-order valence-corrected chi connectivity index (χ4v) is 5.67. The number of carbonyl (C=O) groups excluding carboxylic acids is 1. The second kappa shape index (κ2) is 11.4. The molecule has 0 spiro atoms. The second-order valence-corrected chi connectivity index (χ2v) is 11.1. The van der Waals surface area contributed by atoms with E-state index in [9.17, 15) is 18.0 Å². The van der Waals surface area contributed by atoms with Gasteiger partial charge in [-0.15, -0.1) is 11.3 Å². The first kappa shape index (κ1) is 26.8. The van der Waals surface area contributed by atoms with Crippen LogP contribution in [-0.4, -0.2) is 64.9 Å². The maximum atomic E-state index is 15.5. The van der Waals surface area contributed by atoms with Gasteiger partial charge in [-0.2, -0.15) is 13.2 Å². The summed E-state index contributed by atoms with van der Waals surface area (Å²) in [5.41, 5.74) is 0.500. The lowest BCUT2D eigenvalue weighted by atomic mass is 9.81. The van der Waals surface area contributed by atoms with Crippen molar-refractivity contribution in [3.8, 4) is 5.88 Å². The Hall–Kier alpha value is -2.27. The number of amides is 1. The van der Waals surface area contributed by atoms with Crippen molar-refractivity contribution in [2.75, 3.05) is 26.2 Å². The van der Waals surface area contributed by atoms with E-state index in [2.05, 4.69) is 20.2 Å². The molecule has 3 heterocycles. The number of thiazole rings is 1. The lowest BCUT2D eigenvalue weighted by molar-refractivity contribution is -0.154. The number of hydrogen-bond donors (Lipinski definition) is 1. The van der Waals surface area contributed by atoms with Crippen LogP contribution >= 0.6 is 11.3 Å². The minimum atomic E-state index is -4.40. The van der Waals surface area contributed by atoms with Crippen molar-refractivity contribution in [2.45, 2.75) is 76.2 Å². The van der Waals surface area contributed by atoms with Gasteiger partial charge < -0.3 is 15.0 Å². The number of hydrogen-bond acceptors (Lipinski definition) is 6. The molecule has 0 unspecified atom stereocenters. The number of halogens is 4. The molecule has 4 rings (SSSR count). The molecule has 2 aromatic heterocycles. The van der Waals surface area contributed by atoms with E-state index in [1.807, 2.05) is 6.92 Å². The first-order chi connectivity index (χ1) is 17.1. The van der Waals surface area contributed by atoms with Crippen LogP contribution in [0.1, 0.15) is 53.2 Å². The van der Waals surface area contributed by atoms with Crippen molar-refractivity contribution in [3.63, 3.8) is 0 Å². The third-order valence-corrected chi connectivity index (χ3v) is 7.83. The molecule has 36 heavy (non-hydrogen) atoms. The largest absolute Gasteiger partial charge is 0.468 e. The monoisotopic (exact) mass is 528 g/mol. The Morgan fingerprint density at radius 3 is 2.69 bits per heavy atom.